The summed E-state index contributed by atoms with van der Waals surface area (Å²) in [5.41, 5.74) is 2.32. The average Bonchev–Trinajstić information content (AvgIpc) is 3.12. The van der Waals surface area contributed by atoms with Crippen LogP contribution < -0.4 is 5.32 Å². The van der Waals surface area contributed by atoms with Crippen molar-refractivity contribution in [2.75, 3.05) is 5.32 Å². The highest BCUT2D eigenvalue weighted by molar-refractivity contribution is 7.90. The predicted molar refractivity (Wildman–Crippen MR) is 71.6 cm³/mol. The van der Waals surface area contributed by atoms with Crippen LogP contribution in [0.4, 0.5) is 5.82 Å². The van der Waals surface area contributed by atoms with Crippen molar-refractivity contribution in [2.24, 2.45) is 0 Å². The zero-order chi connectivity index (χ0) is 13.0. The first-order valence-electron chi connectivity index (χ1n) is 6.31. The van der Waals surface area contributed by atoms with Gasteiger partial charge in [-0.25, -0.2) is 8.42 Å². The van der Waals surface area contributed by atoms with Gasteiger partial charge in [0.05, 0.1) is 16.3 Å². The molecule has 1 saturated carbocycles. The fraction of sp³-hybridized carbons (Fsp3) is 0.308. The van der Waals surface area contributed by atoms with Gasteiger partial charge in [-0.2, -0.15) is 5.10 Å². The first-order valence-corrected chi connectivity index (χ1v) is 7.96. The van der Waals surface area contributed by atoms with Crippen molar-refractivity contribution >= 4 is 15.7 Å². The van der Waals surface area contributed by atoms with Crippen LogP contribution in [0, 0.1) is 0 Å². The van der Waals surface area contributed by atoms with Crippen molar-refractivity contribution in [1.29, 1.82) is 0 Å². The van der Waals surface area contributed by atoms with Crippen molar-refractivity contribution in [3.05, 3.63) is 29.8 Å². The SMILES string of the molecule is O=S1(=O)Cc2c(NC3CC3)n[nH]c2-c2ccccc21. The van der Waals surface area contributed by atoms with Gasteiger partial charge in [0.2, 0.25) is 0 Å². The number of sulfone groups is 1. The minimum atomic E-state index is -3.26. The predicted octanol–water partition coefficient (Wildman–Crippen LogP) is 1.94. The van der Waals surface area contributed by atoms with Crippen LogP contribution in [0.25, 0.3) is 11.3 Å². The third kappa shape index (κ3) is 1.67. The number of nitrogens with one attached hydrogen (secondary N) is 2. The Morgan fingerprint density at radius 3 is 2.84 bits per heavy atom. The van der Waals surface area contributed by atoms with E-state index in [-0.39, 0.29) is 5.75 Å². The summed E-state index contributed by atoms with van der Waals surface area (Å²) in [5, 5.41) is 10.5. The summed E-state index contributed by atoms with van der Waals surface area (Å²) >= 11 is 0. The van der Waals surface area contributed by atoms with Gasteiger partial charge in [-0.1, -0.05) is 18.2 Å². The van der Waals surface area contributed by atoms with Crippen LogP contribution in [0.15, 0.2) is 29.2 Å². The van der Waals surface area contributed by atoms with Gasteiger partial charge in [0, 0.05) is 17.2 Å². The maximum Gasteiger partial charge on any atom is 0.183 e. The number of anilines is 1. The maximum absolute atomic E-state index is 12.3. The van der Waals surface area contributed by atoms with E-state index in [1.807, 2.05) is 12.1 Å². The van der Waals surface area contributed by atoms with E-state index >= 15 is 0 Å². The summed E-state index contributed by atoms with van der Waals surface area (Å²) in [5.74, 6) is 0.709. The number of aromatic nitrogens is 2. The van der Waals surface area contributed by atoms with Gasteiger partial charge < -0.3 is 5.32 Å². The lowest BCUT2D eigenvalue weighted by molar-refractivity contribution is 0.594. The lowest BCUT2D eigenvalue weighted by Crippen LogP contribution is -2.14. The molecule has 0 amide bonds. The Morgan fingerprint density at radius 2 is 2.05 bits per heavy atom. The molecule has 2 heterocycles. The van der Waals surface area contributed by atoms with Gasteiger partial charge in [-0.15, -0.1) is 0 Å². The number of H-pyrrole nitrogens is 1. The summed E-state index contributed by atoms with van der Waals surface area (Å²) < 4.78 is 24.6. The minimum absolute atomic E-state index is 0.0187. The highest BCUT2D eigenvalue weighted by atomic mass is 32.2. The standard InChI is InChI=1S/C13H13N3O2S/c17-19(18)7-10-12(9-3-1-2-4-11(9)19)15-16-13(10)14-8-5-6-8/h1-4,8H,5-7H2,(H2,14,15,16). The third-order valence-electron chi connectivity index (χ3n) is 3.61. The van der Waals surface area contributed by atoms with E-state index in [0.717, 1.165) is 29.7 Å². The van der Waals surface area contributed by atoms with E-state index in [1.54, 1.807) is 12.1 Å². The van der Waals surface area contributed by atoms with Gasteiger partial charge in [0.25, 0.3) is 0 Å². The summed E-state index contributed by atoms with van der Waals surface area (Å²) in [6, 6.07) is 7.53. The zero-order valence-corrected chi connectivity index (χ0v) is 11.0. The summed E-state index contributed by atoms with van der Waals surface area (Å²) in [4.78, 5) is 0.393. The number of rotatable bonds is 2. The summed E-state index contributed by atoms with van der Waals surface area (Å²) in [7, 11) is -3.26. The van der Waals surface area contributed by atoms with Crippen molar-refractivity contribution < 1.29 is 8.42 Å². The molecule has 0 saturated heterocycles. The molecule has 19 heavy (non-hydrogen) atoms. The first kappa shape index (κ1) is 11.0. The van der Waals surface area contributed by atoms with Crippen LogP contribution in [0.1, 0.15) is 18.4 Å². The molecule has 1 fully saturated rings. The lowest BCUT2D eigenvalue weighted by Gasteiger charge is -2.16. The quantitative estimate of drug-likeness (QED) is 0.878. The second-order valence-corrected chi connectivity index (χ2v) is 7.06. The number of aromatic amines is 1. The fourth-order valence-corrected chi connectivity index (χ4v) is 4.09. The van der Waals surface area contributed by atoms with Crippen molar-refractivity contribution in [1.82, 2.24) is 10.2 Å². The number of hydrogen-bond acceptors (Lipinski definition) is 4. The van der Waals surface area contributed by atoms with Crippen LogP contribution >= 0.6 is 0 Å². The topological polar surface area (TPSA) is 74.8 Å². The Labute approximate surface area is 111 Å². The second-order valence-electron chi connectivity index (χ2n) is 5.10. The Balaban J connectivity index is 1.91. The van der Waals surface area contributed by atoms with Crippen molar-refractivity contribution in [3.63, 3.8) is 0 Å². The van der Waals surface area contributed by atoms with Gasteiger partial charge in [-0.3, -0.25) is 5.10 Å². The minimum Gasteiger partial charge on any atom is -0.366 e. The Morgan fingerprint density at radius 1 is 1.26 bits per heavy atom. The van der Waals surface area contributed by atoms with Gasteiger partial charge >= 0.3 is 0 Å². The number of benzene rings is 1. The van der Waals surface area contributed by atoms with E-state index in [4.69, 9.17) is 0 Å². The smallest absolute Gasteiger partial charge is 0.183 e. The van der Waals surface area contributed by atoms with E-state index in [0.29, 0.717) is 16.8 Å². The molecule has 0 spiro atoms. The molecule has 2 N–H and O–H groups in total. The molecule has 1 aliphatic carbocycles. The molecule has 0 atom stereocenters. The first-order chi connectivity index (χ1) is 9.15. The van der Waals surface area contributed by atoms with E-state index < -0.39 is 9.84 Å². The molecule has 98 valence electrons. The summed E-state index contributed by atoms with van der Waals surface area (Å²) in [6.45, 7) is 0. The third-order valence-corrected chi connectivity index (χ3v) is 5.31. The lowest BCUT2D eigenvalue weighted by atomic mass is 10.1. The molecule has 0 bridgehead atoms. The Bertz CT molecular complexity index is 760. The molecular weight excluding hydrogens is 262 g/mol. The van der Waals surface area contributed by atoms with E-state index in [1.165, 1.54) is 0 Å². The number of nitrogens with zero attached hydrogens (tertiary/aromatic N) is 1. The fourth-order valence-electron chi connectivity index (χ4n) is 2.48. The normalized spacial score (nSPS) is 19.6. The molecule has 6 heteroatoms. The van der Waals surface area contributed by atoms with Gasteiger partial charge in [-0.05, 0) is 18.9 Å². The molecule has 2 aliphatic rings. The Hall–Kier alpha value is -1.82. The van der Waals surface area contributed by atoms with Crippen LogP contribution in [-0.2, 0) is 15.6 Å². The van der Waals surface area contributed by atoms with E-state index in [9.17, 15) is 8.42 Å². The molecule has 4 rings (SSSR count). The van der Waals surface area contributed by atoms with E-state index in [2.05, 4.69) is 15.5 Å². The monoisotopic (exact) mass is 275 g/mol. The molecule has 0 radical (unpaired) electrons. The molecule has 2 aromatic rings. The van der Waals surface area contributed by atoms with Crippen LogP contribution in [0.2, 0.25) is 0 Å². The molecule has 1 aromatic carbocycles. The van der Waals surface area contributed by atoms with Crippen molar-refractivity contribution in [2.45, 2.75) is 29.5 Å². The number of hydrogen-bond donors (Lipinski definition) is 2. The van der Waals surface area contributed by atoms with Crippen LogP contribution in [0.5, 0.6) is 0 Å². The summed E-state index contributed by atoms with van der Waals surface area (Å²) in [6.07, 6.45) is 2.26. The van der Waals surface area contributed by atoms with Gasteiger partial charge in [0.15, 0.2) is 15.7 Å². The number of fused-ring (bicyclic) bond motifs is 3. The average molecular weight is 275 g/mol. The van der Waals surface area contributed by atoms with Crippen molar-refractivity contribution in [3.8, 4) is 11.3 Å². The highest BCUT2D eigenvalue weighted by Crippen LogP contribution is 2.40. The Kier molecular flexibility index (Phi) is 2.09. The molecular formula is C13H13N3O2S. The maximum atomic E-state index is 12.3. The molecule has 1 aliphatic heterocycles. The second kappa shape index (κ2) is 3.60. The molecule has 5 nitrogen and oxygen atoms in total. The molecule has 0 unspecified atom stereocenters. The largest absolute Gasteiger partial charge is 0.366 e. The van der Waals surface area contributed by atoms with Crippen LogP contribution in [-0.4, -0.2) is 24.7 Å². The van der Waals surface area contributed by atoms with Gasteiger partial charge in [0.1, 0.15) is 0 Å². The van der Waals surface area contributed by atoms with Crippen LogP contribution in [0.3, 0.4) is 0 Å². The zero-order valence-electron chi connectivity index (χ0n) is 10.2. The highest BCUT2D eigenvalue weighted by Gasteiger charge is 2.33. The molecule has 1 aromatic heterocycles.